The van der Waals surface area contributed by atoms with Crippen LogP contribution in [0.15, 0.2) is 73.4 Å². The molecule has 0 aliphatic carbocycles. The van der Waals surface area contributed by atoms with E-state index in [1.807, 2.05) is 64.4 Å². The Morgan fingerprint density at radius 1 is 0.859 bits per heavy atom. The summed E-state index contributed by atoms with van der Waals surface area (Å²) in [7, 11) is 0. The molecule has 332 valence electrons. The number of nitrogens with one attached hydrogen (secondary N) is 3. The van der Waals surface area contributed by atoms with Gasteiger partial charge in [-0.05, 0) is 107 Å². The minimum atomic E-state index is -0.970. The zero-order valence-corrected chi connectivity index (χ0v) is 36.7. The van der Waals surface area contributed by atoms with Gasteiger partial charge in [0.25, 0.3) is 17.7 Å². The summed E-state index contributed by atoms with van der Waals surface area (Å²) < 4.78 is 3.85. The van der Waals surface area contributed by atoms with E-state index in [0.717, 1.165) is 97.1 Å². The fraction of sp³-hybridized carbons (Fsp3) is 0.426. The van der Waals surface area contributed by atoms with Crippen LogP contribution in [-0.4, -0.2) is 108 Å². The Hall–Kier alpha value is -6.75. The molecule has 7 heterocycles. The number of fused-ring (bicyclic) bond motifs is 1. The molecule has 3 saturated heterocycles. The number of aryl methyl sites for hydroxylation is 1. The molecule has 1 unspecified atom stereocenters. The SMILES string of the molecule is Cc1cc(-c2ccnc(Nc3cnn(C4CCN(CC5CCN(c6ccc7c(c6)C(=O)N(C6CCC(=O)NC6=O)C7=O)CC5)CC4)c3)n2)ccc1CNC(=O)c1cnn(C(C)(C)C)c1. The Morgan fingerprint density at radius 3 is 2.38 bits per heavy atom. The first kappa shape index (κ1) is 42.5. The molecule has 1 atom stereocenters. The van der Waals surface area contributed by atoms with Gasteiger partial charge < -0.3 is 20.4 Å². The lowest BCUT2D eigenvalue weighted by Gasteiger charge is -2.38. The zero-order valence-electron chi connectivity index (χ0n) is 36.7. The van der Waals surface area contributed by atoms with Crippen molar-refractivity contribution >= 4 is 46.9 Å². The number of amides is 5. The molecule has 0 saturated carbocycles. The standard InChI is InChI=1S/C47H54N12O5/c1-29-21-31(5-6-32(29)23-49-42(61)33-24-51-58(27-33)47(2,3)4)39-11-16-48-46(53-39)52-34-25-50-57(28-34)35-14-17-55(18-15-35)26-30-12-19-56(20-13-30)36-7-8-37-38(22-36)45(64)59(44(37)63)40-9-10-41(60)54-43(40)62/h5-8,11,16,21-22,24-25,27-28,30,35,40H,9-10,12-15,17-20,23,26H2,1-4H3,(H,49,61)(H,48,52,53)(H,54,60,62). The molecule has 0 bridgehead atoms. The van der Waals surface area contributed by atoms with Gasteiger partial charge in [0.1, 0.15) is 6.04 Å². The van der Waals surface area contributed by atoms with E-state index in [4.69, 9.17) is 10.1 Å². The molecule has 3 fully saturated rings. The average molecular weight is 867 g/mol. The van der Waals surface area contributed by atoms with Gasteiger partial charge in [0.15, 0.2) is 0 Å². The number of hydrogen-bond donors (Lipinski definition) is 3. The maximum Gasteiger partial charge on any atom is 0.262 e. The van der Waals surface area contributed by atoms with Gasteiger partial charge in [-0.15, -0.1) is 0 Å². The van der Waals surface area contributed by atoms with E-state index in [9.17, 15) is 24.0 Å². The van der Waals surface area contributed by atoms with Crippen molar-refractivity contribution in [1.82, 2.24) is 50.0 Å². The second-order valence-corrected chi connectivity index (χ2v) is 18.4. The van der Waals surface area contributed by atoms with Crippen molar-refractivity contribution in [3.8, 4) is 11.3 Å². The topological polar surface area (TPSA) is 193 Å². The predicted molar refractivity (Wildman–Crippen MR) is 239 cm³/mol. The average Bonchev–Trinajstić information content (AvgIpc) is 4.03. The number of imide groups is 2. The van der Waals surface area contributed by atoms with E-state index in [2.05, 4.69) is 46.6 Å². The number of aromatic nitrogens is 6. The highest BCUT2D eigenvalue weighted by Crippen LogP contribution is 2.33. The summed E-state index contributed by atoms with van der Waals surface area (Å²) in [5.74, 6) is -1.07. The Labute approximate surface area is 371 Å². The van der Waals surface area contributed by atoms with Crippen LogP contribution in [0.1, 0.15) is 108 Å². The van der Waals surface area contributed by atoms with Crippen LogP contribution >= 0.6 is 0 Å². The van der Waals surface area contributed by atoms with E-state index in [0.29, 0.717) is 41.1 Å². The third-order valence-electron chi connectivity index (χ3n) is 13.0. The van der Waals surface area contributed by atoms with Crippen molar-refractivity contribution in [3.05, 3.63) is 101 Å². The largest absolute Gasteiger partial charge is 0.371 e. The molecule has 3 aromatic heterocycles. The molecular weight excluding hydrogens is 813 g/mol. The van der Waals surface area contributed by atoms with Gasteiger partial charge in [0, 0.05) is 75.5 Å². The van der Waals surface area contributed by atoms with Gasteiger partial charge in [-0.3, -0.25) is 43.6 Å². The smallest absolute Gasteiger partial charge is 0.262 e. The lowest BCUT2D eigenvalue weighted by Crippen LogP contribution is -2.54. The van der Waals surface area contributed by atoms with Crippen LogP contribution in [0.4, 0.5) is 17.3 Å². The second-order valence-electron chi connectivity index (χ2n) is 18.4. The highest BCUT2D eigenvalue weighted by Gasteiger charge is 2.45. The predicted octanol–water partition coefficient (Wildman–Crippen LogP) is 5.23. The normalized spacial score (nSPS) is 19.0. The maximum absolute atomic E-state index is 13.4. The minimum Gasteiger partial charge on any atom is -0.371 e. The number of hydrogen-bond acceptors (Lipinski definition) is 12. The summed E-state index contributed by atoms with van der Waals surface area (Å²) >= 11 is 0. The van der Waals surface area contributed by atoms with E-state index >= 15 is 0 Å². The summed E-state index contributed by atoms with van der Waals surface area (Å²) in [5, 5.41) is 17.7. The van der Waals surface area contributed by atoms with Crippen LogP contribution in [0.2, 0.25) is 0 Å². The third-order valence-corrected chi connectivity index (χ3v) is 13.0. The summed E-state index contributed by atoms with van der Waals surface area (Å²) in [6.45, 7) is 13.3. The van der Waals surface area contributed by atoms with Crippen molar-refractivity contribution in [3.63, 3.8) is 0 Å². The monoisotopic (exact) mass is 866 g/mol. The first-order chi connectivity index (χ1) is 30.8. The number of likely N-dealkylation sites (tertiary alicyclic amines) is 1. The minimum absolute atomic E-state index is 0.0941. The molecule has 64 heavy (non-hydrogen) atoms. The van der Waals surface area contributed by atoms with E-state index in [1.165, 1.54) is 0 Å². The van der Waals surface area contributed by atoms with E-state index < -0.39 is 23.8 Å². The van der Waals surface area contributed by atoms with Gasteiger partial charge in [0.2, 0.25) is 17.8 Å². The van der Waals surface area contributed by atoms with Gasteiger partial charge in [0.05, 0.1) is 52.0 Å². The second kappa shape index (κ2) is 17.4. The Morgan fingerprint density at radius 2 is 1.64 bits per heavy atom. The Balaban J connectivity index is 0.727. The molecule has 0 spiro atoms. The summed E-state index contributed by atoms with van der Waals surface area (Å²) in [4.78, 5) is 78.6. The van der Waals surface area contributed by atoms with E-state index in [-0.39, 0.29) is 30.2 Å². The van der Waals surface area contributed by atoms with Crippen LogP contribution in [0.5, 0.6) is 0 Å². The van der Waals surface area contributed by atoms with Crippen molar-refractivity contribution < 1.29 is 24.0 Å². The van der Waals surface area contributed by atoms with Crippen LogP contribution in [0.25, 0.3) is 11.3 Å². The van der Waals surface area contributed by atoms with Crippen molar-refractivity contribution in [2.24, 2.45) is 5.92 Å². The molecule has 17 heteroatoms. The van der Waals surface area contributed by atoms with Gasteiger partial charge in [-0.25, -0.2) is 9.97 Å². The number of carbonyl (C=O) groups excluding carboxylic acids is 5. The molecule has 9 rings (SSSR count). The van der Waals surface area contributed by atoms with Crippen LogP contribution in [0.3, 0.4) is 0 Å². The fourth-order valence-electron chi connectivity index (χ4n) is 9.21. The quantitative estimate of drug-likeness (QED) is 0.147. The molecular formula is C47H54N12O5. The number of benzene rings is 2. The van der Waals surface area contributed by atoms with Crippen LogP contribution in [0, 0.1) is 12.8 Å². The number of anilines is 3. The first-order valence-corrected chi connectivity index (χ1v) is 22.2. The summed E-state index contributed by atoms with van der Waals surface area (Å²) in [6, 6.07) is 12.7. The van der Waals surface area contributed by atoms with Gasteiger partial charge in [-0.2, -0.15) is 10.2 Å². The van der Waals surface area contributed by atoms with Crippen molar-refractivity contribution in [2.45, 2.75) is 90.4 Å². The molecule has 4 aliphatic heterocycles. The molecule has 2 aromatic carbocycles. The van der Waals surface area contributed by atoms with Crippen LogP contribution < -0.4 is 20.9 Å². The summed E-state index contributed by atoms with van der Waals surface area (Å²) in [6.07, 6.45) is 13.3. The molecule has 5 aromatic rings. The lowest BCUT2D eigenvalue weighted by atomic mass is 9.94. The number of carbonyl (C=O) groups is 5. The fourth-order valence-corrected chi connectivity index (χ4v) is 9.21. The Kier molecular flexibility index (Phi) is 11.6. The van der Waals surface area contributed by atoms with Crippen LogP contribution in [-0.2, 0) is 21.7 Å². The van der Waals surface area contributed by atoms with Crippen molar-refractivity contribution in [1.29, 1.82) is 0 Å². The van der Waals surface area contributed by atoms with E-state index in [1.54, 1.807) is 35.4 Å². The Bertz CT molecular complexity index is 2610. The summed E-state index contributed by atoms with van der Waals surface area (Å²) in [5.41, 5.74) is 6.48. The van der Waals surface area contributed by atoms with Crippen molar-refractivity contribution in [2.75, 3.05) is 42.9 Å². The number of piperidine rings is 3. The highest BCUT2D eigenvalue weighted by molar-refractivity contribution is 6.23. The first-order valence-electron chi connectivity index (χ1n) is 22.2. The maximum atomic E-state index is 13.4. The lowest BCUT2D eigenvalue weighted by molar-refractivity contribution is -0.136. The highest BCUT2D eigenvalue weighted by atomic mass is 16.2. The number of rotatable bonds is 11. The molecule has 17 nitrogen and oxygen atoms in total. The third kappa shape index (κ3) is 8.89. The van der Waals surface area contributed by atoms with Gasteiger partial charge >= 0.3 is 0 Å². The molecule has 4 aliphatic rings. The number of nitrogens with zero attached hydrogens (tertiary/aromatic N) is 9. The van der Waals surface area contributed by atoms with Gasteiger partial charge in [-0.1, -0.05) is 12.1 Å². The zero-order chi connectivity index (χ0) is 44.7. The molecule has 0 radical (unpaired) electrons. The molecule has 3 N–H and O–H groups in total. The molecule has 5 amide bonds.